The Kier molecular flexibility index (Phi) is 4.59. The number of nitrogens with zero attached hydrogens (tertiary/aromatic N) is 2. The van der Waals surface area contributed by atoms with Gasteiger partial charge in [-0.3, -0.25) is 4.79 Å². The van der Waals surface area contributed by atoms with Gasteiger partial charge in [0.05, 0.1) is 25.3 Å². The Balaban J connectivity index is 2.10. The van der Waals surface area contributed by atoms with Crippen LogP contribution in [0.25, 0.3) is 0 Å². The van der Waals surface area contributed by atoms with Crippen molar-refractivity contribution in [1.82, 2.24) is 4.90 Å². The molecule has 20 heavy (non-hydrogen) atoms. The molecular weight excluding hydrogens is 256 g/mol. The number of carbonyl (C=O) groups excluding carboxylic acids is 1. The van der Waals surface area contributed by atoms with Crippen LogP contribution < -0.4 is 4.74 Å². The predicted octanol–water partition coefficient (Wildman–Crippen LogP) is 1.84. The summed E-state index contributed by atoms with van der Waals surface area (Å²) in [6.45, 7) is 5.09. The normalized spacial score (nSPS) is 18.7. The van der Waals surface area contributed by atoms with Crippen LogP contribution in [0.3, 0.4) is 0 Å². The molecule has 0 bridgehead atoms. The van der Waals surface area contributed by atoms with E-state index in [0.29, 0.717) is 31.0 Å². The van der Waals surface area contributed by atoms with E-state index in [-0.39, 0.29) is 12.0 Å². The molecule has 1 unspecified atom stereocenters. The summed E-state index contributed by atoms with van der Waals surface area (Å²) in [6, 6.07) is 9.15. The summed E-state index contributed by atoms with van der Waals surface area (Å²) in [5.74, 6) is 0.582. The topological polar surface area (TPSA) is 62.6 Å². The van der Waals surface area contributed by atoms with Gasteiger partial charge in [0, 0.05) is 12.1 Å². The van der Waals surface area contributed by atoms with E-state index in [1.54, 1.807) is 23.1 Å². The van der Waals surface area contributed by atoms with Crippen LogP contribution in [-0.4, -0.2) is 42.7 Å². The maximum Gasteiger partial charge on any atom is 0.254 e. The molecule has 2 rings (SSSR count). The van der Waals surface area contributed by atoms with Crippen molar-refractivity contribution in [3.8, 4) is 11.8 Å². The molecule has 1 fully saturated rings. The van der Waals surface area contributed by atoms with Crippen LogP contribution in [0.1, 0.15) is 24.2 Å². The average Bonchev–Trinajstić information content (AvgIpc) is 2.46. The molecule has 1 aliphatic rings. The van der Waals surface area contributed by atoms with E-state index < -0.39 is 6.10 Å². The Hall–Kier alpha value is -2.06. The largest absolute Gasteiger partial charge is 0.491 e. The molecule has 0 radical (unpaired) electrons. The molecule has 0 aromatic heterocycles. The zero-order valence-electron chi connectivity index (χ0n) is 11.7. The fourth-order valence-corrected chi connectivity index (χ4v) is 2.07. The number of ether oxygens (including phenoxy) is 2. The van der Waals surface area contributed by atoms with Gasteiger partial charge in [0.15, 0.2) is 6.10 Å². The Bertz CT molecular complexity index is 522. The number of hydrogen-bond acceptors (Lipinski definition) is 4. The highest BCUT2D eigenvalue weighted by atomic mass is 16.5. The standard InChI is InChI=1S/C15H18N2O3/c1-11(2)20-13-5-3-4-12(8-13)15(18)17-6-7-19-14(9-16)10-17/h3-5,8,11,14H,6-7,10H2,1-2H3. The van der Waals surface area contributed by atoms with Crippen molar-refractivity contribution in [1.29, 1.82) is 5.26 Å². The molecule has 106 valence electrons. The lowest BCUT2D eigenvalue weighted by molar-refractivity contribution is 0.00345. The number of rotatable bonds is 3. The first kappa shape index (κ1) is 14.4. The minimum atomic E-state index is -0.539. The minimum absolute atomic E-state index is 0.0618. The van der Waals surface area contributed by atoms with Crippen molar-refractivity contribution in [2.75, 3.05) is 19.7 Å². The van der Waals surface area contributed by atoms with Crippen molar-refractivity contribution in [3.05, 3.63) is 29.8 Å². The average molecular weight is 274 g/mol. The van der Waals surface area contributed by atoms with Crippen molar-refractivity contribution in [3.63, 3.8) is 0 Å². The molecule has 1 saturated heterocycles. The molecule has 0 aliphatic carbocycles. The SMILES string of the molecule is CC(C)Oc1cccc(C(=O)N2CCOC(C#N)C2)c1. The first-order chi connectivity index (χ1) is 9.60. The first-order valence-electron chi connectivity index (χ1n) is 6.67. The molecule has 0 saturated carbocycles. The highest BCUT2D eigenvalue weighted by molar-refractivity contribution is 5.94. The highest BCUT2D eigenvalue weighted by Gasteiger charge is 2.24. The molecule has 5 heteroatoms. The van der Waals surface area contributed by atoms with Crippen molar-refractivity contribution >= 4 is 5.91 Å². The predicted molar refractivity (Wildman–Crippen MR) is 73.5 cm³/mol. The van der Waals surface area contributed by atoms with Gasteiger partial charge in [-0.2, -0.15) is 5.26 Å². The van der Waals surface area contributed by atoms with E-state index in [1.165, 1.54) is 0 Å². The molecule has 1 aromatic carbocycles. The maximum atomic E-state index is 12.4. The molecule has 0 spiro atoms. The lowest BCUT2D eigenvalue weighted by atomic mass is 10.1. The van der Waals surface area contributed by atoms with Crippen LogP contribution in [0.5, 0.6) is 5.75 Å². The molecule has 1 heterocycles. The van der Waals surface area contributed by atoms with Crippen LogP contribution >= 0.6 is 0 Å². The van der Waals surface area contributed by atoms with Crippen molar-refractivity contribution in [2.45, 2.75) is 26.1 Å². The Labute approximate surface area is 118 Å². The third-order valence-corrected chi connectivity index (χ3v) is 2.95. The summed E-state index contributed by atoms with van der Waals surface area (Å²) in [6.07, 6.45) is -0.477. The third kappa shape index (κ3) is 3.49. The number of morpholine rings is 1. The summed E-state index contributed by atoms with van der Waals surface area (Å²) >= 11 is 0. The minimum Gasteiger partial charge on any atom is -0.491 e. The fourth-order valence-electron chi connectivity index (χ4n) is 2.07. The van der Waals surface area contributed by atoms with Crippen LogP contribution in [0.2, 0.25) is 0 Å². The van der Waals surface area contributed by atoms with Gasteiger partial charge in [-0.1, -0.05) is 6.07 Å². The molecule has 1 atom stereocenters. The number of carbonyl (C=O) groups is 1. The van der Waals surface area contributed by atoms with Crippen molar-refractivity contribution < 1.29 is 14.3 Å². The second-order valence-corrected chi connectivity index (χ2v) is 4.93. The van der Waals surface area contributed by atoms with E-state index >= 15 is 0 Å². The van der Waals surface area contributed by atoms with Gasteiger partial charge >= 0.3 is 0 Å². The molecule has 1 aliphatic heterocycles. The van der Waals surface area contributed by atoms with E-state index in [9.17, 15) is 4.79 Å². The van der Waals surface area contributed by atoms with Gasteiger partial charge in [-0.05, 0) is 32.0 Å². The Morgan fingerprint density at radius 1 is 1.55 bits per heavy atom. The van der Waals surface area contributed by atoms with E-state index in [1.807, 2.05) is 26.0 Å². The lowest BCUT2D eigenvalue weighted by Gasteiger charge is -2.29. The van der Waals surface area contributed by atoms with Gasteiger partial charge in [0.25, 0.3) is 5.91 Å². The number of amides is 1. The fraction of sp³-hybridized carbons (Fsp3) is 0.467. The Morgan fingerprint density at radius 2 is 2.35 bits per heavy atom. The van der Waals surface area contributed by atoms with Gasteiger partial charge < -0.3 is 14.4 Å². The van der Waals surface area contributed by atoms with Gasteiger partial charge in [0.2, 0.25) is 0 Å². The molecule has 1 amide bonds. The Morgan fingerprint density at radius 3 is 3.05 bits per heavy atom. The van der Waals surface area contributed by atoms with Crippen LogP contribution in [0.15, 0.2) is 24.3 Å². The second-order valence-electron chi connectivity index (χ2n) is 4.93. The van der Waals surface area contributed by atoms with Gasteiger partial charge in [-0.15, -0.1) is 0 Å². The summed E-state index contributed by atoms with van der Waals surface area (Å²) in [5.41, 5.74) is 0.571. The number of benzene rings is 1. The van der Waals surface area contributed by atoms with E-state index in [0.717, 1.165) is 0 Å². The molecule has 5 nitrogen and oxygen atoms in total. The number of nitriles is 1. The summed E-state index contributed by atoms with van der Waals surface area (Å²) in [7, 11) is 0. The van der Waals surface area contributed by atoms with E-state index in [4.69, 9.17) is 14.7 Å². The highest BCUT2D eigenvalue weighted by Crippen LogP contribution is 2.17. The first-order valence-corrected chi connectivity index (χ1v) is 6.67. The molecular formula is C15H18N2O3. The van der Waals surface area contributed by atoms with E-state index in [2.05, 4.69) is 0 Å². The molecule has 1 aromatic rings. The zero-order valence-corrected chi connectivity index (χ0v) is 11.7. The zero-order chi connectivity index (χ0) is 14.5. The monoisotopic (exact) mass is 274 g/mol. The van der Waals surface area contributed by atoms with Gasteiger partial charge in [0.1, 0.15) is 5.75 Å². The third-order valence-electron chi connectivity index (χ3n) is 2.95. The van der Waals surface area contributed by atoms with Gasteiger partial charge in [-0.25, -0.2) is 0 Å². The van der Waals surface area contributed by atoms with Crippen LogP contribution in [0.4, 0.5) is 0 Å². The van der Waals surface area contributed by atoms with Crippen LogP contribution in [0, 0.1) is 11.3 Å². The maximum absolute atomic E-state index is 12.4. The van der Waals surface area contributed by atoms with Crippen LogP contribution in [-0.2, 0) is 4.74 Å². The smallest absolute Gasteiger partial charge is 0.254 e. The molecule has 0 N–H and O–H groups in total. The number of hydrogen-bond donors (Lipinski definition) is 0. The summed E-state index contributed by atoms with van der Waals surface area (Å²) < 4.78 is 10.8. The summed E-state index contributed by atoms with van der Waals surface area (Å²) in [5, 5.41) is 8.87. The van der Waals surface area contributed by atoms with Crippen molar-refractivity contribution in [2.24, 2.45) is 0 Å². The lowest BCUT2D eigenvalue weighted by Crippen LogP contribution is -2.45. The second kappa shape index (κ2) is 6.40. The summed E-state index contributed by atoms with van der Waals surface area (Å²) in [4.78, 5) is 14.0. The quantitative estimate of drug-likeness (QED) is 0.843.